The minimum Gasteiger partial charge on any atom is -0.444 e. The summed E-state index contributed by atoms with van der Waals surface area (Å²) in [4.78, 5) is 30.1. The van der Waals surface area contributed by atoms with Crippen molar-refractivity contribution >= 4 is 11.8 Å². The summed E-state index contributed by atoms with van der Waals surface area (Å²) in [7, 11) is 0. The summed E-state index contributed by atoms with van der Waals surface area (Å²) < 4.78 is 7.43. The van der Waals surface area contributed by atoms with Crippen molar-refractivity contribution < 1.29 is 9.53 Å². The molecular weight excluding hydrogens is 490 g/mol. The van der Waals surface area contributed by atoms with E-state index in [-0.39, 0.29) is 6.09 Å². The third kappa shape index (κ3) is 6.42. The zero-order valence-corrected chi connectivity index (χ0v) is 23.0. The van der Waals surface area contributed by atoms with Crippen molar-refractivity contribution in [3.63, 3.8) is 0 Å². The van der Waals surface area contributed by atoms with Gasteiger partial charge in [0.1, 0.15) is 17.1 Å². The van der Waals surface area contributed by atoms with Crippen LogP contribution in [0.4, 0.5) is 10.5 Å². The van der Waals surface area contributed by atoms with Crippen molar-refractivity contribution in [3.05, 3.63) is 78.6 Å². The van der Waals surface area contributed by atoms with Gasteiger partial charge in [-0.25, -0.2) is 14.8 Å². The molecule has 9 heteroatoms. The van der Waals surface area contributed by atoms with Crippen LogP contribution in [-0.4, -0.2) is 67.5 Å². The highest BCUT2D eigenvalue weighted by atomic mass is 16.6. The number of piperazine rings is 1. The van der Waals surface area contributed by atoms with Crippen LogP contribution in [-0.2, 0) is 17.7 Å². The first-order chi connectivity index (χ1) is 18.8. The number of anilines is 1. The summed E-state index contributed by atoms with van der Waals surface area (Å²) in [6.07, 6.45) is 7.82. The highest BCUT2D eigenvalue weighted by molar-refractivity contribution is 5.78. The van der Waals surface area contributed by atoms with Crippen LogP contribution in [0.1, 0.15) is 39.1 Å². The summed E-state index contributed by atoms with van der Waals surface area (Å²) in [5.41, 5.74) is 5.44. The summed E-state index contributed by atoms with van der Waals surface area (Å²) >= 11 is 0. The van der Waals surface area contributed by atoms with Crippen LogP contribution >= 0.6 is 0 Å². The van der Waals surface area contributed by atoms with Gasteiger partial charge in [-0.15, -0.1) is 0 Å². The largest absolute Gasteiger partial charge is 0.444 e. The normalized spacial score (nSPS) is 13.9. The van der Waals surface area contributed by atoms with Gasteiger partial charge in [0.05, 0.1) is 5.69 Å². The number of pyridine rings is 1. The second kappa shape index (κ2) is 11.2. The Morgan fingerprint density at radius 2 is 1.77 bits per heavy atom. The predicted molar refractivity (Wildman–Crippen MR) is 151 cm³/mol. The van der Waals surface area contributed by atoms with Crippen LogP contribution in [0.15, 0.2) is 67.3 Å². The van der Waals surface area contributed by atoms with Crippen molar-refractivity contribution in [1.29, 1.82) is 0 Å². The molecule has 9 nitrogen and oxygen atoms in total. The minimum absolute atomic E-state index is 0.241. The lowest BCUT2D eigenvalue weighted by molar-refractivity contribution is 0.0240. The van der Waals surface area contributed by atoms with Gasteiger partial charge >= 0.3 is 6.09 Å². The van der Waals surface area contributed by atoms with E-state index in [0.29, 0.717) is 19.5 Å². The molecule has 0 N–H and O–H groups in total. The molecule has 202 valence electrons. The van der Waals surface area contributed by atoms with Crippen LogP contribution in [0.2, 0.25) is 0 Å². The van der Waals surface area contributed by atoms with E-state index >= 15 is 0 Å². The molecule has 0 radical (unpaired) electrons. The van der Waals surface area contributed by atoms with Crippen molar-refractivity contribution in [3.8, 4) is 22.5 Å². The van der Waals surface area contributed by atoms with Gasteiger partial charge in [0.15, 0.2) is 0 Å². The van der Waals surface area contributed by atoms with Gasteiger partial charge in [0.25, 0.3) is 0 Å². The maximum Gasteiger partial charge on any atom is 0.410 e. The molecule has 1 amide bonds. The van der Waals surface area contributed by atoms with Gasteiger partial charge < -0.3 is 14.5 Å². The molecule has 3 aromatic heterocycles. The number of carbonyl (C=O) groups excluding carboxylic acids is 1. The van der Waals surface area contributed by atoms with Crippen LogP contribution in [0.5, 0.6) is 0 Å². The Morgan fingerprint density at radius 1 is 1.00 bits per heavy atom. The number of amides is 1. The Labute approximate surface area is 229 Å². The number of hydrogen-bond donors (Lipinski definition) is 0. The lowest BCUT2D eigenvalue weighted by atomic mass is 10.1. The highest BCUT2D eigenvalue weighted by Crippen LogP contribution is 2.29. The second-order valence-corrected chi connectivity index (χ2v) is 10.6. The number of aromatic nitrogens is 5. The van der Waals surface area contributed by atoms with Gasteiger partial charge in [-0.3, -0.25) is 9.67 Å². The zero-order valence-electron chi connectivity index (χ0n) is 23.0. The summed E-state index contributed by atoms with van der Waals surface area (Å²) in [6.45, 7) is 11.4. The first-order valence-corrected chi connectivity index (χ1v) is 13.4. The molecular formula is C30H35N7O2. The molecule has 1 fully saturated rings. The van der Waals surface area contributed by atoms with E-state index in [2.05, 4.69) is 46.1 Å². The fraction of sp³-hybridized carbons (Fsp3) is 0.367. The van der Waals surface area contributed by atoms with Crippen LogP contribution < -0.4 is 4.90 Å². The van der Waals surface area contributed by atoms with E-state index in [1.165, 1.54) is 0 Å². The first-order valence-electron chi connectivity index (χ1n) is 13.4. The fourth-order valence-electron chi connectivity index (χ4n) is 4.60. The number of ether oxygens (including phenoxy) is 1. The molecule has 5 rings (SSSR count). The number of benzene rings is 1. The second-order valence-electron chi connectivity index (χ2n) is 10.6. The number of carbonyl (C=O) groups is 1. The molecule has 4 aromatic rings. The maximum absolute atomic E-state index is 12.4. The molecule has 1 aliphatic rings. The Morgan fingerprint density at radius 3 is 2.44 bits per heavy atom. The van der Waals surface area contributed by atoms with Crippen LogP contribution in [0, 0.1) is 0 Å². The van der Waals surface area contributed by atoms with E-state index < -0.39 is 5.60 Å². The van der Waals surface area contributed by atoms with Crippen molar-refractivity contribution in [2.24, 2.45) is 0 Å². The Hall–Kier alpha value is -4.27. The number of hydrogen-bond acceptors (Lipinski definition) is 7. The molecule has 1 aliphatic heterocycles. The molecule has 4 heterocycles. The van der Waals surface area contributed by atoms with E-state index in [4.69, 9.17) is 14.8 Å². The molecule has 0 atom stereocenters. The average molecular weight is 526 g/mol. The van der Waals surface area contributed by atoms with Gasteiger partial charge in [-0.2, -0.15) is 5.10 Å². The molecule has 0 bridgehead atoms. The topological polar surface area (TPSA) is 89.3 Å². The Bertz CT molecular complexity index is 1400. The molecule has 1 aromatic carbocycles. The number of aryl methyl sites for hydroxylation is 1. The van der Waals surface area contributed by atoms with E-state index in [1.54, 1.807) is 11.1 Å². The summed E-state index contributed by atoms with van der Waals surface area (Å²) in [5, 5.41) is 4.76. The summed E-state index contributed by atoms with van der Waals surface area (Å²) in [5.74, 6) is 0.757. The number of rotatable bonds is 6. The predicted octanol–water partition coefficient (Wildman–Crippen LogP) is 5.07. The van der Waals surface area contributed by atoms with Gasteiger partial charge in [-0.05, 0) is 63.6 Å². The molecule has 1 saturated heterocycles. The van der Waals surface area contributed by atoms with Crippen molar-refractivity contribution in [2.45, 2.75) is 46.3 Å². The zero-order chi connectivity index (χ0) is 27.4. The fourth-order valence-corrected chi connectivity index (χ4v) is 4.60. The van der Waals surface area contributed by atoms with Crippen LogP contribution in [0.25, 0.3) is 22.5 Å². The molecule has 39 heavy (non-hydrogen) atoms. The third-order valence-corrected chi connectivity index (χ3v) is 6.60. The maximum atomic E-state index is 12.4. The molecule has 0 saturated carbocycles. The molecule has 0 spiro atoms. The molecule has 0 aliphatic carbocycles. The van der Waals surface area contributed by atoms with Crippen molar-refractivity contribution in [2.75, 3.05) is 31.1 Å². The SMILES string of the molecule is CCn1cc(-c2ccnc(Cc3ccc(N4CCN(C(=O)OC(C)(C)C)CC4)cc3)n2)c(-c2cccnc2)n1. The van der Waals surface area contributed by atoms with Gasteiger partial charge in [0, 0.05) is 80.7 Å². The summed E-state index contributed by atoms with van der Waals surface area (Å²) in [6, 6.07) is 14.4. The first kappa shape index (κ1) is 26.3. The average Bonchev–Trinajstić information content (AvgIpc) is 3.38. The highest BCUT2D eigenvalue weighted by Gasteiger charge is 2.26. The van der Waals surface area contributed by atoms with Crippen molar-refractivity contribution in [1.82, 2.24) is 29.6 Å². The van der Waals surface area contributed by atoms with E-state index in [0.717, 1.165) is 59.2 Å². The quantitative estimate of drug-likeness (QED) is 0.347. The minimum atomic E-state index is -0.480. The Balaban J connectivity index is 1.25. The lowest BCUT2D eigenvalue weighted by Gasteiger charge is -2.36. The van der Waals surface area contributed by atoms with Gasteiger partial charge in [0.2, 0.25) is 0 Å². The van der Waals surface area contributed by atoms with E-state index in [9.17, 15) is 4.79 Å². The monoisotopic (exact) mass is 525 g/mol. The lowest BCUT2D eigenvalue weighted by Crippen LogP contribution is -2.50. The molecule has 0 unspecified atom stereocenters. The smallest absolute Gasteiger partial charge is 0.410 e. The standard InChI is InChI=1S/C30H35N7O2/c1-5-37-21-25(28(34-37)23-7-6-13-31-20-23)26-12-14-32-27(33-26)19-22-8-10-24(11-9-22)35-15-17-36(18-16-35)29(38)39-30(2,3)4/h6-14,20-21H,5,15-19H2,1-4H3. The van der Waals surface area contributed by atoms with Gasteiger partial charge in [-0.1, -0.05) is 12.1 Å². The third-order valence-electron chi connectivity index (χ3n) is 6.60. The number of nitrogens with zero attached hydrogens (tertiary/aromatic N) is 7. The van der Waals surface area contributed by atoms with Crippen LogP contribution in [0.3, 0.4) is 0 Å². The Kier molecular flexibility index (Phi) is 7.58. The van der Waals surface area contributed by atoms with E-state index in [1.807, 2.05) is 62.2 Å².